The Morgan fingerprint density at radius 3 is 2.47 bits per heavy atom. The third-order valence-corrected chi connectivity index (χ3v) is 2.40. The SMILES string of the molecule is O=Cc1cc(C(O)C(O)CC(=O)O)cc([N+](=O)[O-])c1. The predicted molar refractivity (Wildman–Crippen MR) is 61.7 cm³/mol. The minimum atomic E-state index is -1.63. The molecule has 0 spiro atoms. The van der Waals surface area contributed by atoms with Crippen LogP contribution < -0.4 is 0 Å². The van der Waals surface area contributed by atoms with E-state index in [0.717, 1.165) is 18.2 Å². The standard InChI is InChI=1S/C11H11NO7/c13-5-6-1-7(3-8(2-6)12(18)19)11(17)9(14)4-10(15)16/h1-3,5,9,11,14,17H,4H2,(H,15,16). The molecule has 0 heterocycles. The number of aliphatic hydroxyl groups is 2. The molecule has 3 N–H and O–H groups in total. The first-order chi connectivity index (χ1) is 8.85. The topological polar surface area (TPSA) is 138 Å². The van der Waals surface area contributed by atoms with Gasteiger partial charge in [-0.15, -0.1) is 0 Å². The van der Waals surface area contributed by atoms with Gasteiger partial charge in [-0.1, -0.05) is 0 Å². The van der Waals surface area contributed by atoms with E-state index in [1.807, 2.05) is 0 Å². The van der Waals surface area contributed by atoms with Crippen LogP contribution in [0.3, 0.4) is 0 Å². The molecule has 1 aromatic carbocycles. The molecule has 0 aromatic heterocycles. The molecule has 0 aliphatic carbocycles. The van der Waals surface area contributed by atoms with Gasteiger partial charge >= 0.3 is 5.97 Å². The highest BCUT2D eigenvalue weighted by atomic mass is 16.6. The van der Waals surface area contributed by atoms with E-state index in [1.54, 1.807) is 0 Å². The smallest absolute Gasteiger partial charge is 0.306 e. The predicted octanol–water partition coefficient (Wildman–Crippen LogP) is 0.276. The lowest BCUT2D eigenvalue weighted by molar-refractivity contribution is -0.385. The molecule has 0 fully saturated rings. The lowest BCUT2D eigenvalue weighted by Gasteiger charge is -2.16. The number of hydrogen-bond donors (Lipinski definition) is 3. The van der Waals surface area contributed by atoms with Crippen molar-refractivity contribution in [1.82, 2.24) is 0 Å². The zero-order valence-corrected chi connectivity index (χ0v) is 9.59. The highest BCUT2D eigenvalue weighted by molar-refractivity contribution is 5.76. The van der Waals surface area contributed by atoms with Gasteiger partial charge in [-0.2, -0.15) is 0 Å². The number of benzene rings is 1. The molecule has 0 saturated carbocycles. The molecule has 1 rings (SSSR count). The number of nitro groups is 1. The highest BCUT2D eigenvalue weighted by Crippen LogP contribution is 2.24. The van der Waals surface area contributed by atoms with Crippen LogP contribution in [0, 0.1) is 10.1 Å². The summed E-state index contributed by atoms with van der Waals surface area (Å²) in [5, 5.41) is 38.3. The molecule has 0 radical (unpaired) electrons. The molecule has 1 aromatic rings. The monoisotopic (exact) mass is 269 g/mol. The summed E-state index contributed by atoms with van der Waals surface area (Å²) in [7, 11) is 0. The van der Waals surface area contributed by atoms with Gasteiger partial charge in [0, 0.05) is 17.7 Å². The van der Waals surface area contributed by atoms with Crippen molar-refractivity contribution in [1.29, 1.82) is 0 Å². The van der Waals surface area contributed by atoms with Gasteiger partial charge in [-0.25, -0.2) is 0 Å². The number of hydrogen-bond acceptors (Lipinski definition) is 6. The van der Waals surface area contributed by atoms with E-state index in [2.05, 4.69) is 0 Å². The molecule has 0 amide bonds. The number of carboxylic acid groups (broad SMARTS) is 1. The number of carbonyl (C=O) groups excluding carboxylic acids is 1. The van der Waals surface area contributed by atoms with Crippen LogP contribution in [0.15, 0.2) is 18.2 Å². The summed E-state index contributed by atoms with van der Waals surface area (Å²) in [6, 6.07) is 3.13. The molecule has 2 unspecified atom stereocenters. The van der Waals surface area contributed by atoms with Crippen LogP contribution in [-0.4, -0.2) is 38.6 Å². The van der Waals surface area contributed by atoms with Crippen molar-refractivity contribution in [3.63, 3.8) is 0 Å². The normalized spacial score (nSPS) is 13.6. The van der Waals surface area contributed by atoms with Crippen molar-refractivity contribution in [2.45, 2.75) is 18.6 Å². The van der Waals surface area contributed by atoms with E-state index < -0.39 is 35.2 Å². The lowest BCUT2D eigenvalue weighted by Crippen LogP contribution is -2.22. The molecule has 0 bridgehead atoms. The van der Waals surface area contributed by atoms with Gasteiger partial charge in [0.25, 0.3) is 5.69 Å². The summed E-state index contributed by atoms with van der Waals surface area (Å²) < 4.78 is 0. The van der Waals surface area contributed by atoms with Crippen molar-refractivity contribution in [2.24, 2.45) is 0 Å². The number of aldehydes is 1. The molecule has 0 aliphatic heterocycles. The Kier molecular flexibility index (Phi) is 4.67. The summed E-state index contributed by atoms with van der Waals surface area (Å²) in [6.45, 7) is 0. The summed E-state index contributed by atoms with van der Waals surface area (Å²) in [5.41, 5.74) is -0.572. The van der Waals surface area contributed by atoms with Gasteiger partial charge in [-0.3, -0.25) is 19.7 Å². The fourth-order valence-corrected chi connectivity index (χ4v) is 1.52. The molecular weight excluding hydrogens is 258 g/mol. The van der Waals surface area contributed by atoms with Crippen LogP contribution in [-0.2, 0) is 4.79 Å². The number of aliphatic carboxylic acids is 1. The van der Waals surface area contributed by atoms with Crippen molar-refractivity contribution >= 4 is 17.9 Å². The number of non-ortho nitro benzene ring substituents is 1. The van der Waals surface area contributed by atoms with Gasteiger partial charge in [0.2, 0.25) is 0 Å². The van der Waals surface area contributed by atoms with Gasteiger partial charge in [0.1, 0.15) is 12.4 Å². The number of aliphatic hydroxyl groups excluding tert-OH is 2. The van der Waals surface area contributed by atoms with Crippen molar-refractivity contribution in [3.05, 3.63) is 39.4 Å². The number of carbonyl (C=O) groups is 2. The van der Waals surface area contributed by atoms with Gasteiger partial charge < -0.3 is 15.3 Å². The second kappa shape index (κ2) is 6.03. The average Bonchev–Trinajstić information content (AvgIpc) is 2.36. The minimum Gasteiger partial charge on any atom is -0.481 e. The number of nitro benzene ring substituents is 1. The molecule has 19 heavy (non-hydrogen) atoms. The first kappa shape index (κ1) is 14.7. The van der Waals surface area contributed by atoms with E-state index in [4.69, 9.17) is 5.11 Å². The summed E-state index contributed by atoms with van der Waals surface area (Å²) >= 11 is 0. The van der Waals surface area contributed by atoms with Crippen molar-refractivity contribution in [3.8, 4) is 0 Å². The molecule has 2 atom stereocenters. The zero-order valence-electron chi connectivity index (χ0n) is 9.59. The maximum Gasteiger partial charge on any atom is 0.306 e. The largest absolute Gasteiger partial charge is 0.481 e. The van der Waals surface area contributed by atoms with Crippen LogP contribution in [0.2, 0.25) is 0 Å². The van der Waals surface area contributed by atoms with Crippen LogP contribution >= 0.6 is 0 Å². The van der Waals surface area contributed by atoms with E-state index in [0.29, 0.717) is 6.29 Å². The molecule has 102 valence electrons. The van der Waals surface area contributed by atoms with Gasteiger partial charge in [0.05, 0.1) is 17.4 Å². The fourth-order valence-electron chi connectivity index (χ4n) is 1.52. The summed E-state index contributed by atoms with van der Waals surface area (Å²) in [5.74, 6) is -1.33. The van der Waals surface area contributed by atoms with Gasteiger partial charge in [0.15, 0.2) is 0 Å². The number of carboxylic acids is 1. The molecule has 0 aliphatic rings. The first-order valence-electron chi connectivity index (χ1n) is 5.17. The Labute approximate surface area is 107 Å². The molecular formula is C11H11NO7. The Bertz CT molecular complexity index is 514. The van der Waals surface area contributed by atoms with Crippen LogP contribution in [0.1, 0.15) is 28.4 Å². The van der Waals surface area contributed by atoms with Gasteiger partial charge in [-0.05, 0) is 11.6 Å². The number of nitrogens with zero attached hydrogens (tertiary/aromatic N) is 1. The Balaban J connectivity index is 3.11. The minimum absolute atomic E-state index is 0.0502. The van der Waals surface area contributed by atoms with Crippen molar-refractivity contribution < 1.29 is 29.8 Å². The molecule has 0 saturated heterocycles. The van der Waals surface area contributed by atoms with E-state index in [1.165, 1.54) is 0 Å². The summed E-state index contributed by atoms with van der Waals surface area (Å²) in [6.07, 6.45) is -3.62. The average molecular weight is 269 g/mol. The first-order valence-corrected chi connectivity index (χ1v) is 5.17. The van der Waals surface area contributed by atoms with Crippen molar-refractivity contribution in [2.75, 3.05) is 0 Å². The van der Waals surface area contributed by atoms with E-state index >= 15 is 0 Å². The highest BCUT2D eigenvalue weighted by Gasteiger charge is 2.23. The second-order valence-electron chi connectivity index (χ2n) is 3.84. The number of rotatable bonds is 6. The second-order valence-corrected chi connectivity index (χ2v) is 3.84. The Hall–Kier alpha value is -2.32. The van der Waals surface area contributed by atoms with Crippen LogP contribution in [0.4, 0.5) is 5.69 Å². The maximum atomic E-state index is 10.6. The van der Waals surface area contributed by atoms with Crippen LogP contribution in [0.5, 0.6) is 0 Å². The molecule has 8 nitrogen and oxygen atoms in total. The summed E-state index contributed by atoms with van der Waals surface area (Å²) in [4.78, 5) is 30.9. The van der Waals surface area contributed by atoms with Crippen LogP contribution in [0.25, 0.3) is 0 Å². The Morgan fingerprint density at radius 2 is 2.00 bits per heavy atom. The quantitative estimate of drug-likeness (QED) is 0.383. The third kappa shape index (κ3) is 3.83. The zero-order chi connectivity index (χ0) is 14.6. The van der Waals surface area contributed by atoms with E-state index in [9.17, 15) is 29.9 Å². The van der Waals surface area contributed by atoms with E-state index in [-0.39, 0.29) is 11.1 Å². The molecule has 8 heteroatoms. The third-order valence-electron chi connectivity index (χ3n) is 2.40. The maximum absolute atomic E-state index is 10.6. The fraction of sp³-hybridized carbons (Fsp3) is 0.273. The Morgan fingerprint density at radius 1 is 1.37 bits per heavy atom. The lowest BCUT2D eigenvalue weighted by atomic mass is 9.99.